The van der Waals surface area contributed by atoms with E-state index >= 15 is 0 Å². The lowest BCUT2D eigenvalue weighted by molar-refractivity contribution is -0.137. The molecule has 2 aromatic rings. The van der Waals surface area contributed by atoms with Crippen LogP contribution in [0.25, 0.3) is 0 Å². The van der Waals surface area contributed by atoms with Gasteiger partial charge in [0, 0.05) is 29.2 Å². The molecule has 0 radical (unpaired) electrons. The molecular formula is C18H17ClN4O5S. The van der Waals surface area contributed by atoms with Crippen molar-refractivity contribution in [2.24, 2.45) is 17.8 Å². The summed E-state index contributed by atoms with van der Waals surface area (Å²) in [6.07, 6.45) is 3.93. The zero-order valence-electron chi connectivity index (χ0n) is 15.4. The van der Waals surface area contributed by atoms with E-state index in [1.54, 1.807) is 0 Å². The lowest BCUT2D eigenvalue weighted by atomic mass is 9.75. The zero-order chi connectivity index (χ0) is 20.9. The normalized spacial score (nSPS) is 24.1. The Morgan fingerprint density at radius 2 is 1.86 bits per heavy atom. The van der Waals surface area contributed by atoms with Crippen LogP contribution in [-0.2, 0) is 26.0 Å². The third kappa shape index (κ3) is 3.40. The molecule has 2 unspecified atom stereocenters. The lowest BCUT2D eigenvalue weighted by Gasteiger charge is -2.25. The summed E-state index contributed by atoms with van der Waals surface area (Å²) in [5.41, 5.74) is 0.0545. The maximum Gasteiger partial charge on any atom is 0.182 e. The minimum absolute atomic E-state index is 0.0535. The first kappa shape index (κ1) is 19.8. The van der Waals surface area contributed by atoms with Crippen LogP contribution in [0.15, 0.2) is 23.4 Å². The summed E-state index contributed by atoms with van der Waals surface area (Å²) in [7, 11) is -3.67. The maximum absolute atomic E-state index is 13.1. The first-order valence-electron chi connectivity index (χ1n) is 9.02. The predicted molar refractivity (Wildman–Crippen MR) is 100 cm³/mol. The van der Waals surface area contributed by atoms with E-state index in [1.165, 1.54) is 18.5 Å². The van der Waals surface area contributed by atoms with E-state index in [4.69, 9.17) is 11.6 Å². The summed E-state index contributed by atoms with van der Waals surface area (Å²) in [5, 5.41) is 11.0. The molecule has 1 aromatic carbocycles. The van der Waals surface area contributed by atoms with Crippen molar-refractivity contribution in [3.8, 4) is 0 Å². The van der Waals surface area contributed by atoms with Crippen molar-refractivity contribution in [3.63, 3.8) is 0 Å². The summed E-state index contributed by atoms with van der Waals surface area (Å²) in [6.45, 7) is -0.139. The van der Waals surface area contributed by atoms with Crippen LogP contribution in [0.1, 0.15) is 35.2 Å². The van der Waals surface area contributed by atoms with Gasteiger partial charge in [-0.15, -0.1) is 10.2 Å². The molecule has 29 heavy (non-hydrogen) atoms. The molecule has 2 saturated carbocycles. The number of Topliss-reactive ketones (excluding diaryl/α,β-unsaturated/α-hetero) is 3. The second-order valence-electron chi connectivity index (χ2n) is 7.45. The van der Waals surface area contributed by atoms with Crippen molar-refractivity contribution in [2.75, 3.05) is 6.26 Å². The van der Waals surface area contributed by atoms with Crippen LogP contribution in [0.2, 0.25) is 5.02 Å². The standard InChI is InChI=1S/C18H17ClN4O5S/c1-29(27,28)13-5-4-11(15(19)12(13)7-23-21-8-20-22-23)18(26)14-16(24)9-2-3-10(6-9)17(14)25/h4-5,8-10,14H,2-3,6-7H2,1H3. The van der Waals surface area contributed by atoms with Gasteiger partial charge in [0.05, 0.1) is 16.5 Å². The smallest absolute Gasteiger partial charge is 0.182 e. The third-order valence-corrected chi connectivity index (χ3v) is 7.24. The van der Waals surface area contributed by atoms with Gasteiger partial charge in [0.2, 0.25) is 0 Å². The molecule has 152 valence electrons. The van der Waals surface area contributed by atoms with Gasteiger partial charge < -0.3 is 0 Å². The molecular weight excluding hydrogens is 420 g/mol. The minimum atomic E-state index is -3.67. The van der Waals surface area contributed by atoms with Gasteiger partial charge in [-0.1, -0.05) is 11.6 Å². The summed E-state index contributed by atoms with van der Waals surface area (Å²) in [6, 6.07) is 2.52. The lowest BCUT2D eigenvalue weighted by Crippen LogP contribution is -2.41. The van der Waals surface area contributed by atoms with Crippen molar-refractivity contribution < 1.29 is 22.8 Å². The Labute approximate surface area is 171 Å². The maximum atomic E-state index is 13.1. The number of halogens is 1. The molecule has 0 spiro atoms. The highest BCUT2D eigenvalue weighted by Crippen LogP contribution is 2.42. The van der Waals surface area contributed by atoms with Crippen molar-refractivity contribution in [3.05, 3.63) is 34.6 Å². The summed E-state index contributed by atoms with van der Waals surface area (Å²) < 4.78 is 24.4. The first-order valence-corrected chi connectivity index (χ1v) is 11.3. The van der Waals surface area contributed by atoms with Gasteiger partial charge >= 0.3 is 0 Å². The van der Waals surface area contributed by atoms with Crippen LogP contribution >= 0.6 is 11.6 Å². The van der Waals surface area contributed by atoms with Crippen LogP contribution in [0, 0.1) is 17.8 Å². The molecule has 2 aliphatic carbocycles. The van der Waals surface area contributed by atoms with Gasteiger partial charge in [-0.3, -0.25) is 14.4 Å². The molecule has 1 heterocycles. The Hall–Kier alpha value is -2.46. The Balaban J connectivity index is 1.79. The quantitative estimate of drug-likeness (QED) is 0.504. The Bertz CT molecular complexity index is 1110. The largest absolute Gasteiger partial charge is 0.298 e. The number of carbonyl (C=O) groups is 3. The first-order chi connectivity index (χ1) is 13.7. The number of nitrogens with zero attached hydrogens (tertiary/aromatic N) is 4. The topological polar surface area (TPSA) is 129 Å². The number of ketones is 3. The Morgan fingerprint density at radius 1 is 1.21 bits per heavy atom. The summed E-state index contributed by atoms with van der Waals surface area (Å²) in [4.78, 5) is 39.5. The molecule has 2 bridgehead atoms. The van der Waals surface area contributed by atoms with Crippen molar-refractivity contribution in [2.45, 2.75) is 30.7 Å². The number of sulfone groups is 1. The second-order valence-corrected chi connectivity index (χ2v) is 9.81. The third-order valence-electron chi connectivity index (χ3n) is 5.62. The molecule has 0 aliphatic heterocycles. The van der Waals surface area contributed by atoms with Crippen molar-refractivity contribution >= 4 is 38.8 Å². The highest BCUT2D eigenvalue weighted by molar-refractivity contribution is 7.90. The monoisotopic (exact) mass is 436 g/mol. The average molecular weight is 437 g/mol. The molecule has 0 saturated heterocycles. The number of rotatable bonds is 5. The second kappa shape index (κ2) is 7.10. The number of hydrogen-bond acceptors (Lipinski definition) is 8. The molecule has 2 atom stereocenters. The van der Waals surface area contributed by atoms with E-state index in [9.17, 15) is 22.8 Å². The minimum Gasteiger partial charge on any atom is -0.298 e. The van der Waals surface area contributed by atoms with E-state index in [0.29, 0.717) is 19.3 Å². The Kier molecular flexibility index (Phi) is 4.86. The zero-order valence-corrected chi connectivity index (χ0v) is 17.0. The van der Waals surface area contributed by atoms with E-state index in [0.717, 1.165) is 11.1 Å². The predicted octanol–water partition coefficient (Wildman–Crippen LogP) is 1.15. The molecule has 11 heteroatoms. The highest BCUT2D eigenvalue weighted by Gasteiger charge is 2.50. The van der Waals surface area contributed by atoms with Crippen molar-refractivity contribution in [1.29, 1.82) is 0 Å². The van der Waals surface area contributed by atoms with Crippen LogP contribution < -0.4 is 0 Å². The Morgan fingerprint density at radius 3 is 2.41 bits per heavy atom. The van der Waals surface area contributed by atoms with Gasteiger partial charge in [-0.05, 0) is 36.6 Å². The van der Waals surface area contributed by atoms with Gasteiger partial charge in [-0.2, -0.15) is 4.80 Å². The highest BCUT2D eigenvalue weighted by atomic mass is 35.5. The molecule has 2 fully saturated rings. The van der Waals surface area contributed by atoms with Crippen molar-refractivity contribution in [1.82, 2.24) is 20.2 Å². The van der Waals surface area contributed by atoms with E-state index in [1.807, 2.05) is 0 Å². The van der Waals surface area contributed by atoms with Gasteiger partial charge in [0.15, 0.2) is 33.5 Å². The van der Waals surface area contributed by atoms with Gasteiger partial charge in [-0.25, -0.2) is 8.42 Å². The number of benzene rings is 1. The van der Waals surface area contributed by atoms with Gasteiger partial charge in [0.25, 0.3) is 0 Å². The number of hydrogen-bond donors (Lipinski definition) is 0. The molecule has 4 rings (SSSR count). The average Bonchev–Trinajstić information content (AvgIpc) is 3.31. The summed E-state index contributed by atoms with van der Waals surface area (Å²) in [5.74, 6) is -3.35. The SMILES string of the molecule is CS(=O)(=O)c1ccc(C(=O)C2C(=O)C3CCC(C3)C2=O)c(Cl)c1Cn1ncnn1. The molecule has 9 nitrogen and oxygen atoms in total. The molecule has 0 N–H and O–H groups in total. The number of tetrazole rings is 1. The molecule has 2 aliphatic rings. The summed E-state index contributed by atoms with van der Waals surface area (Å²) >= 11 is 6.44. The number of fused-ring (bicyclic) bond motifs is 2. The number of aromatic nitrogens is 4. The van der Waals surface area contributed by atoms with Crippen LogP contribution in [0.3, 0.4) is 0 Å². The fourth-order valence-corrected chi connectivity index (χ4v) is 5.52. The van der Waals surface area contributed by atoms with E-state index < -0.39 is 21.5 Å². The van der Waals surface area contributed by atoms with Gasteiger partial charge in [0.1, 0.15) is 5.92 Å². The van der Waals surface area contributed by atoms with E-state index in [-0.39, 0.29) is 51.0 Å². The van der Waals surface area contributed by atoms with Crippen LogP contribution in [0.5, 0.6) is 0 Å². The molecule has 1 aromatic heterocycles. The molecule has 0 amide bonds. The van der Waals surface area contributed by atoms with Crippen LogP contribution in [0.4, 0.5) is 0 Å². The fraction of sp³-hybridized carbons (Fsp3) is 0.444. The van der Waals surface area contributed by atoms with E-state index in [2.05, 4.69) is 15.4 Å². The van der Waals surface area contributed by atoms with Crippen LogP contribution in [-0.4, -0.2) is 52.2 Å². The number of carbonyl (C=O) groups excluding carboxylic acids is 3. The fourth-order valence-electron chi connectivity index (χ4n) is 4.21.